The monoisotopic (exact) mass is 282 g/mol. The number of carbonyl (C=O) groups is 1. The molecule has 0 aromatic carbocycles. The molecule has 0 atom stereocenters. The van der Waals surface area contributed by atoms with Crippen LogP contribution < -0.4 is 5.32 Å². The maximum atomic E-state index is 12.0. The number of hydrogen-bond acceptors (Lipinski definition) is 2. The molecule has 2 rings (SSSR count). The Kier molecular flexibility index (Phi) is 3.28. The summed E-state index contributed by atoms with van der Waals surface area (Å²) in [5.41, 5.74) is 0.598. The largest absolute Gasteiger partial charge is 0.347 e. The van der Waals surface area contributed by atoms with Crippen molar-refractivity contribution < 1.29 is 4.79 Å². The van der Waals surface area contributed by atoms with Gasteiger partial charge in [0, 0.05) is 11.7 Å². The highest BCUT2D eigenvalue weighted by molar-refractivity contribution is 9.10. The maximum Gasteiger partial charge on any atom is 0.253 e. The number of rotatable bonds is 2. The lowest BCUT2D eigenvalue weighted by molar-refractivity contribution is 0.0907. The predicted octanol–water partition coefficient (Wildman–Crippen LogP) is 2.91. The predicted molar refractivity (Wildman–Crippen MR) is 66.3 cm³/mol. The van der Waals surface area contributed by atoms with Crippen molar-refractivity contribution in [2.75, 3.05) is 0 Å². The van der Waals surface area contributed by atoms with Gasteiger partial charge in [-0.2, -0.15) is 0 Å². The summed E-state index contributed by atoms with van der Waals surface area (Å²) in [4.78, 5) is 16.0. The van der Waals surface area contributed by atoms with Gasteiger partial charge in [-0.15, -0.1) is 0 Å². The highest BCUT2D eigenvalue weighted by Gasteiger charge is 2.30. The first-order valence-electron chi connectivity index (χ1n) is 5.53. The fraction of sp³-hybridized carbons (Fsp3) is 0.500. The van der Waals surface area contributed by atoms with Gasteiger partial charge in [-0.05, 0) is 47.8 Å². The first kappa shape index (κ1) is 11.6. The number of aromatic nitrogens is 1. The van der Waals surface area contributed by atoms with E-state index in [1.807, 2.05) is 0 Å². The van der Waals surface area contributed by atoms with Crippen LogP contribution >= 0.6 is 15.9 Å². The van der Waals surface area contributed by atoms with Gasteiger partial charge in [0.25, 0.3) is 5.91 Å². The third-order valence-corrected chi connectivity index (χ3v) is 3.58. The van der Waals surface area contributed by atoms with Crippen molar-refractivity contribution in [1.82, 2.24) is 10.3 Å². The molecule has 4 heteroatoms. The summed E-state index contributed by atoms with van der Waals surface area (Å²) in [7, 11) is 0. The molecule has 1 aliphatic rings. The Bertz CT molecular complexity index is 383. The van der Waals surface area contributed by atoms with E-state index in [2.05, 4.69) is 33.2 Å². The van der Waals surface area contributed by atoms with Gasteiger partial charge in [0.15, 0.2) is 0 Å². The van der Waals surface area contributed by atoms with Crippen LogP contribution in [0.15, 0.2) is 22.9 Å². The lowest BCUT2D eigenvalue weighted by Gasteiger charge is -2.25. The minimum Gasteiger partial charge on any atom is -0.347 e. The van der Waals surface area contributed by atoms with Crippen LogP contribution in [0.25, 0.3) is 0 Å². The number of hydrogen-bond donors (Lipinski definition) is 1. The van der Waals surface area contributed by atoms with Gasteiger partial charge in [0.2, 0.25) is 0 Å². The Balaban J connectivity index is 2.05. The lowest BCUT2D eigenvalue weighted by atomic mass is 10.0. The van der Waals surface area contributed by atoms with E-state index in [-0.39, 0.29) is 11.4 Å². The Hall–Kier alpha value is -0.900. The Labute approximate surface area is 104 Å². The van der Waals surface area contributed by atoms with Crippen molar-refractivity contribution in [2.45, 2.75) is 38.1 Å². The number of pyridine rings is 1. The number of nitrogens with one attached hydrogen (secondary N) is 1. The molecule has 1 heterocycles. The Morgan fingerprint density at radius 1 is 1.44 bits per heavy atom. The highest BCUT2D eigenvalue weighted by Crippen LogP contribution is 2.29. The molecule has 1 aliphatic carbocycles. The molecule has 3 nitrogen and oxygen atoms in total. The zero-order valence-electron chi connectivity index (χ0n) is 9.29. The number of nitrogens with zero attached hydrogens (tertiary/aromatic N) is 1. The summed E-state index contributed by atoms with van der Waals surface area (Å²) in [6, 6.07) is 3.57. The average Bonchev–Trinajstić information content (AvgIpc) is 2.65. The SMILES string of the molecule is CC1(NC(=O)c2ccc(Br)nc2)CCCC1. The zero-order chi connectivity index (χ0) is 11.6. The van der Waals surface area contributed by atoms with Crippen molar-refractivity contribution in [2.24, 2.45) is 0 Å². The summed E-state index contributed by atoms with van der Waals surface area (Å²) in [6.45, 7) is 2.12. The molecule has 16 heavy (non-hydrogen) atoms. The summed E-state index contributed by atoms with van der Waals surface area (Å²) in [6.07, 6.45) is 6.15. The number of halogens is 1. The molecular weight excluding hydrogens is 268 g/mol. The van der Waals surface area contributed by atoms with Crippen LogP contribution in [0, 0.1) is 0 Å². The number of carbonyl (C=O) groups excluding carboxylic acids is 1. The van der Waals surface area contributed by atoms with Crippen molar-refractivity contribution >= 4 is 21.8 Å². The first-order valence-corrected chi connectivity index (χ1v) is 6.32. The zero-order valence-corrected chi connectivity index (χ0v) is 10.9. The van der Waals surface area contributed by atoms with Gasteiger partial charge >= 0.3 is 0 Å². The van der Waals surface area contributed by atoms with Gasteiger partial charge in [-0.1, -0.05) is 12.8 Å². The van der Waals surface area contributed by atoms with Crippen LogP contribution in [0.4, 0.5) is 0 Å². The summed E-state index contributed by atoms with van der Waals surface area (Å²) in [5, 5.41) is 3.10. The minimum atomic E-state index is -0.0237. The van der Waals surface area contributed by atoms with Gasteiger partial charge in [-0.3, -0.25) is 4.79 Å². The van der Waals surface area contributed by atoms with E-state index in [0.29, 0.717) is 5.56 Å². The molecule has 0 saturated heterocycles. The normalized spacial score (nSPS) is 18.4. The molecule has 0 bridgehead atoms. The third kappa shape index (κ3) is 2.61. The van der Waals surface area contributed by atoms with E-state index in [0.717, 1.165) is 17.4 Å². The molecule has 1 fully saturated rings. The van der Waals surface area contributed by atoms with Crippen molar-refractivity contribution in [3.05, 3.63) is 28.5 Å². The van der Waals surface area contributed by atoms with Crippen LogP contribution in [0.2, 0.25) is 0 Å². The van der Waals surface area contributed by atoms with Gasteiger partial charge in [-0.25, -0.2) is 4.98 Å². The minimum absolute atomic E-state index is 0.0237. The van der Waals surface area contributed by atoms with Gasteiger partial charge < -0.3 is 5.32 Å². The van der Waals surface area contributed by atoms with Crippen LogP contribution in [-0.4, -0.2) is 16.4 Å². The Morgan fingerprint density at radius 2 is 2.12 bits per heavy atom. The molecule has 1 amide bonds. The van der Waals surface area contributed by atoms with Crippen molar-refractivity contribution in [3.63, 3.8) is 0 Å². The second kappa shape index (κ2) is 4.53. The summed E-state index contributed by atoms with van der Waals surface area (Å²) in [5.74, 6) is -0.0237. The molecular formula is C12H15BrN2O. The van der Waals surface area contributed by atoms with Crippen molar-refractivity contribution in [1.29, 1.82) is 0 Å². The van der Waals surface area contributed by atoms with E-state index >= 15 is 0 Å². The van der Waals surface area contributed by atoms with Crippen LogP contribution in [0.3, 0.4) is 0 Å². The van der Waals surface area contributed by atoms with Gasteiger partial charge in [0.1, 0.15) is 4.60 Å². The Morgan fingerprint density at radius 3 is 2.69 bits per heavy atom. The van der Waals surface area contributed by atoms with E-state index < -0.39 is 0 Å². The second-order valence-electron chi connectivity index (χ2n) is 4.59. The lowest BCUT2D eigenvalue weighted by Crippen LogP contribution is -2.43. The molecule has 1 aromatic heterocycles. The summed E-state index contributed by atoms with van der Waals surface area (Å²) < 4.78 is 0.746. The second-order valence-corrected chi connectivity index (χ2v) is 5.40. The van der Waals surface area contributed by atoms with E-state index in [9.17, 15) is 4.79 Å². The quantitative estimate of drug-likeness (QED) is 0.848. The molecule has 1 aromatic rings. The standard InChI is InChI=1S/C12H15BrN2O/c1-12(6-2-3-7-12)15-11(16)9-4-5-10(13)14-8-9/h4-5,8H,2-3,6-7H2,1H3,(H,15,16). The topological polar surface area (TPSA) is 42.0 Å². The van der Waals surface area contributed by atoms with E-state index in [1.54, 1.807) is 18.3 Å². The molecule has 1 N–H and O–H groups in total. The highest BCUT2D eigenvalue weighted by atomic mass is 79.9. The molecule has 0 spiro atoms. The maximum absolute atomic E-state index is 12.0. The molecule has 1 saturated carbocycles. The fourth-order valence-corrected chi connectivity index (χ4v) is 2.37. The summed E-state index contributed by atoms with van der Waals surface area (Å²) >= 11 is 3.25. The molecule has 0 radical (unpaired) electrons. The van der Waals surface area contributed by atoms with E-state index in [1.165, 1.54) is 12.8 Å². The smallest absolute Gasteiger partial charge is 0.253 e. The fourth-order valence-electron chi connectivity index (χ4n) is 2.14. The van der Waals surface area contributed by atoms with E-state index in [4.69, 9.17) is 0 Å². The molecule has 0 unspecified atom stereocenters. The van der Waals surface area contributed by atoms with Crippen molar-refractivity contribution in [3.8, 4) is 0 Å². The van der Waals surface area contributed by atoms with Gasteiger partial charge in [0.05, 0.1) is 5.56 Å². The molecule has 0 aliphatic heterocycles. The third-order valence-electron chi connectivity index (χ3n) is 3.11. The van der Waals surface area contributed by atoms with Crippen LogP contribution in [0.1, 0.15) is 43.0 Å². The average molecular weight is 283 g/mol. The van der Waals surface area contributed by atoms with Crippen LogP contribution in [-0.2, 0) is 0 Å². The van der Waals surface area contributed by atoms with Crippen LogP contribution in [0.5, 0.6) is 0 Å². The first-order chi connectivity index (χ1) is 7.59. The molecule has 86 valence electrons. The number of amides is 1.